The summed E-state index contributed by atoms with van der Waals surface area (Å²) < 4.78 is 26.8. The summed E-state index contributed by atoms with van der Waals surface area (Å²) in [5, 5.41) is 0. The monoisotopic (exact) mass is 247 g/mol. The molecule has 1 rings (SSSR count). The topological polar surface area (TPSA) is 0 Å². The van der Waals surface area contributed by atoms with Gasteiger partial charge in [-0.2, -0.15) is 0 Å². The smallest absolute Gasteiger partial charge is 0.130 e. The van der Waals surface area contributed by atoms with E-state index in [2.05, 4.69) is 15.9 Å². The first-order valence-electron chi connectivity index (χ1n) is 3.93. The normalized spacial score (nSPS) is 10.9. The van der Waals surface area contributed by atoms with Gasteiger partial charge in [0.25, 0.3) is 0 Å². The largest absolute Gasteiger partial charge is 0.207 e. The molecule has 0 saturated carbocycles. The summed E-state index contributed by atoms with van der Waals surface area (Å²) >= 11 is 3.03. The zero-order chi connectivity index (χ0) is 10.0. The van der Waals surface area contributed by atoms with E-state index in [-0.39, 0.29) is 5.56 Å². The second-order valence-electron chi connectivity index (χ2n) is 3.23. The van der Waals surface area contributed by atoms with Crippen molar-refractivity contribution in [2.75, 3.05) is 0 Å². The van der Waals surface area contributed by atoms with Gasteiger partial charge in [-0.1, -0.05) is 29.8 Å². The third-order valence-corrected chi connectivity index (χ3v) is 2.09. The van der Waals surface area contributed by atoms with Gasteiger partial charge in [0.1, 0.15) is 11.6 Å². The van der Waals surface area contributed by atoms with Crippen molar-refractivity contribution in [2.45, 2.75) is 20.3 Å². The highest BCUT2D eigenvalue weighted by molar-refractivity contribution is 9.10. The van der Waals surface area contributed by atoms with Crippen LogP contribution >= 0.6 is 15.9 Å². The van der Waals surface area contributed by atoms with Crippen LogP contribution in [0.3, 0.4) is 0 Å². The summed E-state index contributed by atoms with van der Waals surface area (Å²) in [6.45, 7) is 3.70. The summed E-state index contributed by atoms with van der Waals surface area (Å²) in [6.07, 6.45) is 0.352. The van der Waals surface area contributed by atoms with Crippen molar-refractivity contribution in [1.82, 2.24) is 0 Å². The molecule has 3 heteroatoms. The van der Waals surface area contributed by atoms with Gasteiger partial charge in [0.2, 0.25) is 0 Å². The van der Waals surface area contributed by atoms with E-state index in [1.54, 1.807) is 0 Å². The molecule has 0 fully saturated rings. The predicted molar refractivity (Wildman–Crippen MR) is 52.4 cm³/mol. The van der Waals surface area contributed by atoms with Crippen molar-refractivity contribution >= 4 is 15.9 Å². The molecule has 0 spiro atoms. The Balaban J connectivity index is 3.06. The molecular weight excluding hydrogens is 238 g/mol. The van der Waals surface area contributed by atoms with Gasteiger partial charge >= 0.3 is 0 Å². The van der Waals surface area contributed by atoms with E-state index >= 15 is 0 Å². The van der Waals surface area contributed by atoms with Crippen molar-refractivity contribution < 1.29 is 8.78 Å². The van der Waals surface area contributed by atoms with Gasteiger partial charge in [-0.25, -0.2) is 8.78 Å². The van der Waals surface area contributed by atoms with E-state index < -0.39 is 11.6 Å². The van der Waals surface area contributed by atoms with Gasteiger partial charge in [0.05, 0.1) is 0 Å². The van der Waals surface area contributed by atoms with Crippen molar-refractivity contribution in [3.8, 4) is 0 Å². The Labute approximate surface area is 85.1 Å². The van der Waals surface area contributed by atoms with Crippen LogP contribution in [0.1, 0.15) is 19.4 Å². The van der Waals surface area contributed by atoms with Crippen LogP contribution in [0.25, 0.3) is 0 Å². The molecule has 1 radical (unpaired) electrons. The lowest BCUT2D eigenvalue weighted by molar-refractivity contribution is 0.555. The molecule has 1 aromatic carbocycles. The minimum atomic E-state index is -0.493. The van der Waals surface area contributed by atoms with Gasteiger partial charge in [-0.15, -0.1) is 0 Å². The highest BCUT2D eigenvalue weighted by Crippen LogP contribution is 2.22. The van der Waals surface area contributed by atoms with Crippen LogP contribution in [0.5, 0.6) is 0 Å². The third kappa shape index (κ3) is 2.76. The molecule has 0 aliphatic rings. The van der Waals surface area contributed by atoms with Gasteiger partial charge < -0.3 is 0 Å². The lowest BCUT2D eigenvalue weighted by Gasteiger charge is -2.07. The van der Waals surface area contributed by atoms with Crippen LogP contribution in [0, 0.1) is 17.6 Å². The Morgan fingerprint density at radius 3 is 2.08 bits per heavy atom. The first-order valence-corrected chi connectivity index (χ1v) is 4.72. The van der Waals surface area contributed by atoms with Crippen molar-refractivity contribution in [2.24, 2.45) is 0 Å². The standard InChI is InChI=1S/C10H10BrF2/c1-6(2)3-8-9(12)4-7(11)5-10(8)13/h4-5H,3H2,1-2H3. The quantitative estimate of drug-likeness (QED) is 0.744. The second-order valence-corrected chi connectivity index (χ2v) is 4.15. The predicted octanol–water partition coefficient (Wildman–Crippen LogP) is 3.88. The molecule has 0 aliphatic carbocycles. The average Bonchev–Trinajstić information content (AvgIpc) is 1.96. The lowest BCUT2D eigenvalue weighted by Crippen LogP contribution is -1.99. The highest BCUT2D eigenvalue weighted by atomic mass is 79.9. The van der Waals surface area contributed by atoms with E-state index in [9.17, 15) is 8.78 Å². The summed E-state index contributed by atoms with van der Waals surface area (Å²) in [4.78, 5) is 0. The van der Waals surface area contributed by atoms with Gasteiger partial charge in [0, 0.05) is 10.0 Å². The Morgan fingerprint density at radius 2 is 1.69 bits per heavy atom. The molecule has 0 bridgehead atoms. The van der Waals surface area contributed by atoms with Crippen LogP contribution in [0.15, 0.2) is 16.6 Å². The molecule has 0 nitrogen and oxygen atoms in total. The molecule has 0 amide bonds. The van der Waals surface area contributed by atoms with Gasteiger partial charge in [-0.05, 0) is 24.5 Å². The van der Waals surface area contributed by atoms with Crippen LogP contribution in [-0.4, -0.2) is 0 Å². The Bertz CT molecular complexity index is 285. The van der Waals surface area contributed by atoms with Crippen LogP contribution in [0.4, 0.5) is 8.78 Å². The molecule has 0 heterocycles. The molecule has 0 atom stereocenters. The number of hydrogen-bond acceptors (Lipinski definition) is 0. The SMILES string of the molecule is C[C](C)Cc1c(F)cc(Br)cc1F. The third-order valence-electron chi connectivity index (χ3n) is 1.64. The van der Waals surface area contributed by atoms with E-state index in [0.29, 0.717) is 10.9 Å². The van der Waals surface area contributed by atoms with E-state index in [1.807, 2.05) is 13.8 Å². The second kappa shape index (κ2) is 4.18. The van der Waals surface area contributed by atoms with Crippen molar-refractivity contribution in [3.63, 3.8) is 0 Å². The first kappa shape index (κ1) is 10.6. The fraction of sp³-hybridized carbons (Fsp3) is 0.300. The molecule has 71 valence electrons. The summed E-state index contributed by atoms with van der Waals surface area (Å²) in [5.74, 6) is 0.00118. The molecule has 13 heavy (non-hydrogen) atoms. The zero-order valence-electron chi connectivity index (χ0n) is 7.50. The Hall–Kier alpha value is -0.440. The van der Waals surface area contributed by atoms with E-state index in [0.717, 1.165) is 5.92 Å². The molecule has 1 aromatic rings. The molecule has 0 aliphatic heterocycles. The number of rotatable bonds is 2. The van der Waals surface area contributed by atoms with Crippen LogP contribution in [0.2, 0.25) is 0 Å². The molecular formula is C10H10BrF2. The number of benzene rings is 1. The van der Waals surface area contributed by atoms with Crippen LogP contribution < -0.4 is 0 Å². The fourth-order valence-electron chi connectivity index (χ4n) is 1.09. The zero-order valence-corrected chi connectivity index (χ0v) is 9.08. The fourth-order valence-corrected chi connectivity index (χ4v) is 1.50. The van der Waals surface area contributed by atoms with Gasteiger partial charge in [0.15, 0.2) is 0 Å². The summed E-state index contributed by atoms with van der Waals surface area (Å²) in [6, 6.07) is 2.56. The molecule has 0 saturated heterocycles. The van der Waals surface area contributed by atoms with E-state index in [4.69, 9.17) is 0 Å². The minimum absolute atomic E-state index is 0.142. The Morgan fingerprint density at radius 1 is 1.23 bits per heavy atom. The maximum absolute atomic E-state index is 13.2. The average molecular weight is 248 g/mol. The summed E-state index contributed by atoms with van der Waals surface area (Å²) in [7, 11) is 0. The van der Waals surface area contributed by atoms with E-state index in [1.165, 1.54) is 12.1 Å². The molecule has 0 unspecified atom stereocenters. The lowest BCUT2D eigenvalue weighted by atomic mass is 10.0. The first-order chi connectivity index (χ1) is 6.00. The number of halogens is 3. The number of hydrogen-bond donors (Lipinski definition) is 0. The Kier molecular flexibility index (Phi) is 3.42. The highest BCUT2D eigenvalue weighted by Gasteiger charge is 2.11. The summed E-state index contributed by atoms with van der Waals surface area (Å²) in [5.41, 5.74) is 0.142. The minimum Gasteiger partial charge on any atom is -0.207 e. The van der Waals surface area contributed by atoms with Gasteiger partial charge in [-0.3, -0.25) is 0 Å². The maximum atomic E-state index is 13.2. The molecule has 0 N–H and O–H groups in total. The maximum Gasteiger partial charge on any atom is 0.130 e. The van der Waals surface area contributed by atoms with Crippen molar-refractivity contribution in [1.29, 1.82) is 0 Å². The molecule has 0 aromatic heterocycles. The van der Waals surface area contributed by atoms with Crippen LogP contribution in [-0.2, 0) is 6.42 Å². The van der Waals surface area contributed by atoms with Crippen molar-refractivity contribution in [3.05, 3.63) is 39.7 Å².